The average Bonchev–Trinajstić information content (AvgIpc) is 3.16. The number of rotatable bonds is 8. The largest absolute Gasteiger partial charge is 0.507 e. The number of carbonyl (C=O) groups is 2. The van der Waals surface area contributed by atoms with Crippen LogP contribution in [0.4, 0.5) is 0 Å². The Balaban J connectivity index is 1.78. The summed E-state index contributed by atoms with van der Waals surface area (Å²) >= 11 is 3.36. The molecule has 0 bridgehead atoms. The Labute approximate surface area is 222 Å². The van der Waals surface area contributed by atoms with Crippen molar-refractivity contribution >= 4 is 33.4 Å². The fraction of sp³-hybridized carbons (Fsp3) is 0.214. The van der Waals surface area contributed by atoms with E-state index in [1.807, 2.05) is 12.1 Å². The van der Waals surface area contributed by atoms with Crippen molar-refractivity contribution < 1.29 is 34.0 Å². The summed E-state index contributed by atoms with van der Waals surface area (Å²) in [6.07, 6.45) is 0.414. The highest BCUT2D eigenvalue weighted by molar-refractivity contribution is 9.10. The number of ether oxygens (including phenoxy) is 3. The Kier molecular flexibility index (Phi) is 7.73. The minimum absolute atomic E-state index is 0.0348. The number of ketones is 1. The van der Waals surface area contributed by atoms with Gasteiger partial charge >= 0.3 is 0 Å². The topological polar surface area (TPSA) is 106 Å². The number of Topliss-reactive ketones (excluding diaryl/α,β-unsaturated/α-hetero) is 1. The summed E-state index contributed by atoms with van der Waals surface area (Å²) < 4.78 is 16.7. The molecule has 1 aliphatic heterocycles. The Bertz CT molecular complexity index is 1370. The van der Waals surface area contributed by atoms with Gasteiger partial charge in [-0.1, -0.05) is 40.2 Å². The van der Waals surface area contributed by atoms with E-state index in [-0.39, 0.29) is 29.4 Å². The molecule has 3 aromatic carbocycles. The second-order valence-electron chi connectivity index (χ2n) is 8.37. The number of aliphatic hydroxyl groups is 1. The van der Waals surface area contributed by atoms with Gasteiger partial charge in [-0.2, -0.15) is 0 Å². The third-order valence-corrected chi connectivity index (χ3v) is 6.80. The van der Waals surface area contributed by atoms with Gasteiger partial charge in [-0.15, -0.1) is 0 Å². The summed E-state index contributed by atoms with van der Waals surface area (Å²) in [5.41, 5.74) is 1.75. The number of methoxy groups -OCH3 is 3. The number of aliphatic hydroxyl groups excluding tert-OH is 1. The highest BCUT2D eigenvalue weighted by Crippen LogP contribution is 2.42. The Hall–Kier alpha value is -3.98. The van der Waals surface area contributed by atoms with Gasteiger partial charge in [0, 0.05) is 16.6 Å². The molecule has 0 spiro atoms. The fourth-order valence-electron chi connectivity index (χ4n) is 4.37. The molecule has 1 aliphatic rings. The molecule has 8 nitrogen and oxygen atoms in total. The number of aromatic hydroxyl groups is 1. The lowest BCUT2D eigenvalue weighted by atomic mass is 9.95. The van der Waals surface area contributed by atoms with Crippen LogP contribution in [-0.2, 0) is 16.0 Å². The third-order valence-electron chi connectivity index (χ3n) is 6.27. The van der Waals surface area contributed by atoms with Crippen molar-refractivity contribution in [2.75, 3.05) is 27.9 Å². The zero-order chi connectivity index (χ0) is 26.7. The smallest absolute Gasteiger partial charge is 0.295 e. The zero-order valence-electron chi connectivity index (χ0n) is 20.5. The Morgan fingerprint density at radius 1 is 0.892 bits per heavy atom. The maximum absolute atomic E-state index is 13.3. The highest BCUT2D eigenvalue weighted by atomic mass is 79.9. The van der Waals surface area contributed by atoms with E-state index in [9.17, 15) is 19.8 Å². The van der Waals surface area contributed by atoms with Crippen molar-refractivity contribution in [3.8, 4) is 23.0 Å². The van der Waals surface area contributed by atoms with Gasteiger partial charge in [0.15, 0.2) is 23.0 Å². The van der Waals surface area contributed by atoms with Crippen molar-refractivity contribution in [3.05, 3.63) is 87.4 Å². The van der Waals surface area contributed by atoms with Gasteiger partial charge in [-0.3, -0.25) is 9.59 Å². The number of phenols is 1. The number of phenolic OH excluding ortho intramolecular Hbond substituents is 1. The number of likely N-dealkylation sites (tertiary alicyclic amines) is 1. The molecule has 0 unspecified atom stereocenters. The van der Waals surface area contributed by atoms with E-state index in [0.29, 0.717) is 29.0 Å². The SMILES string of the molecule is COc1cc([C@@H]2C(=C(O)c3ccc(Br)cc3)C(=O)C(=O)N2CCc2ccc(OC)c(OC)c2)ccc1O. The van der Waals surface area contributed by atoms with Crippen molar-refractivity contribution in [1.82, 2.24) is 4.90 Å². The molecular weight excluding hydrogens is 542 g/mol. The molecule has 9 heteroatoms. The molecule has 2 N–H and O–H groups in total. The van der Waals surface area contributed by atoms with Gasteiger partial charge in [0.05, 0.1) is 32.9 Å². The van der Waals surface area contributed by atoms with Crippen LogP contribution in [0.25, 0.3) is 5.76 Å². The highest BCUT2D eigenvalue weighted by Gasteiger charge is 2.46. The van der Waals surface area contributed by atoms with Gasteiger partial charge in [0.25, 0.3) is 11.7 Å². The molecule has 0 radical (unpaired) electrons. The maximum Gasteiger partial charge on any atom is 0.295 e. The molecule has 1 amide bonds. The summed E-state index contributed by atoms with van der Waals surface area (Å²) in [5, 5.41) is 21.3. The van der Waals surface area contributed by atoms with E-state index in [1.165, 1.54) is 18.1 Å². The number of nitrogens with zero attached hydrogens (tertiary/aromatic N) is 1. The van der Waals surface area contributed by atoms with Crippen molar-refractivity contribution in [1.29, 1.82) is 0 Å². The molecule has 37 heavy (non-hydrogen) atoms. The van der Waals surface area contributed by atoms with Crippen LogP contribution in [0.1, 0.15) is 22.7 Å². The van der Waals surface area contributed by atoms with E-state index in [0.717, 1.165) is 10.0 Å². The van der Waals surface area contributed by atoms with Crippen LogP contribution in [0, 0.1) is 0 Å². The van der Waals surface area contributed by atoms with E-state index in [4.69, 9.17) is 14.2 Å². The number of halogens is 1. The predicted molar refractivity (Wildman–Crippen MR) is 141 cm³/mol. The van der Waals surface area contributed by atoms with Gasteiger partial charge in [-0.05, 0) is 53.9 Å². The van der Waals surface area contributed by atoms with Gasteiger partial charge in [0.2, 0.25) is 0 Å². The molecule has 4 rings (SSSR count). The lowest BCUT2D eigenvalue weighted by Crippen LogP contribution is -2.31. The van der Waals surface area contributed by atoms with Crippen LogP contribution in [0.3, 0.4) is 0 Å². The van der Waals surface area contributed by atoms with Crippen molar-refractivity contribution in [3.63, 3.8) is 0 Å². The summed E-state index contributed by atoms with van der Waals surface area (Å²) in [6.45, 7) is 0.186. The summed E-state index contributed by atoms with van der Waals surface area (Å²) in [6, 6.07) is 15.9. The average molecular weight is 568 g/mol. The summed E-state index contributed by atoms with van der Waals surface area (Å²) in [4.78, 5) is 27.9. The van der Waals surface area contributed by atoms with Gasteiger partial charge in [0.1, 0.15) is 5.76 Å². The zero-order valence-corrected chi connectivity index (χ0v) is 22.1. The standard InChI is InChI=1S/C28H26BrNO7/c1-35-21-11-4-16(14-23(21)37-3)12-13-30-25(18-7-10-20(31)22(15-18)36-2)24(27(33)28(30)34)26(32)17-5-8-19(29)9-6-17/h4-11,14-15,25,31-32H,12-13H2,1-3H3/t25-/m1/s1. The third kappa shape index (κ3) is 5.13. The first kappa shape index (κ1) is 26.1. The lowest BCUT2D eigenvalue weighted by Gasteiger charge is -2.26. The van der Waals surface area contributed by atoms with Crippen molar-refractivity contribution in [2.45, 2.75) is 12.5 Å². The van der Waals surface area contributed by atoms with E-state index >= 15 is 0 Å². The molecule has 1 atom stereocenters. The number of hydrogen-bond donors (Lipinski definition) is 2. The first-order valence-electron chi connectivity index (χ1n) is 11.4. The lowest BCUT2D eigenvalue weighted by molar-refractivity contribution is -0.139. The molecule has 1 saturated heterocycles. The quantitative estimate of drug-likeness (QED) is 0.228. The normalized spacial score (nSPS) is 16.6. The molecule has 0 saturated carbocycles. The van der Waals surface area contributed by atoms with Gasteiger partial charge < -0.3 is 29.3 Å². The number of hydrogen-bond acceptors (Lipinski definition) is 7. The number of carbonyl (C=O) groups excluding carboxylic acids is 2. The number of benzene rings is 3. The summed E-state index contributed by atoms with van der Waals surface area (Å²) in [5.74, 6) is -0.556. The van der Waals surface area contributed by atoms with Crippen LogP contribution >= 0.6 is 15.9 Å². The minimum Gasteiger partial charge on any atom is -0.507 e. The molecular formula is C28H26BrNO7. The minimum atomic E-state index is -0.890. The van der Waals surface area contributed by atoms with Crippen molar-refractivity contribution in [2.24, 2.45) is 0 Å². The second-order valence-corrected chi connectivity index (χ2v) is 9.29. The molecule has 1 heterocycles. The first-order valence-corrected chi connectivity index (χ1v) is 12.2. The van der Waals surface area contributed by atoms with Crippen LogP contribution < -0.4 is 14.2 Å². The Morgan fingerprint density at radius 3 is 2.22 bits per heavy atom. The van der Waals surface area contributed by atoms with E-state index < -0.39 is 17.7 Å². The van der Waals surface area contributed by atoms with Crippen LogP contribution in [0.15, 0.2) is 70.7 Å². The maximum atomic E-state index is 13.3. The monoisotopic (exact) mass is 567 g/mol. The molecule has 0 aliphatic carbocycles. The predicted octanol–water partition coefficient (Wildman–Crippen LogP) is 4.84. The molecule has 1 fully saturated rings. The summed E-state index contributed by atoms with van der Waals surface area (Å²) in [7, 11) is 4.50. The van der Waals surface area contributed by atoms with Gasteiger partial charge in [-0.25, -0.2) is 0 Å². The van der Waals surface area contributed by atoms with E-state index in [1.54, 1.807) is 56.7 Å². The van der Waals surface area contributed by atoms with Crippen LogP contribution in [0.2, 0.25) is 0 Å². The Morgan fingerprint density at radius 2 is 1.57 bits per heavy atom. The molecule has 192 valence electrons. The molecule has 3 aromatic rings. The first-order chi connectivity index (χ1) is 17.8. The van der Waals surface area contributed by atoms with E-state index in [2.05, 4.69) is 15.9 Å². The fourth-order valence-corrected chi connectivity index (χ4v) is 4.63. The second kappa shape index (κ2) is 11.0. The molecule has 0 aromatic heterocycles. The van der Waals surface area contributed by atoms with Crippen LogP contribution in [0.5, 0.6) is 23.0 Å². The van der Waals surface area contributed by atoms with Crippen LogP contribution in [-0.4, -0.2) is 54.7 Å². The number of amides is 1.